The molecular weight excluding hydrogens is 240 g/mol. The number of rotatable bonds is 3. The van der Waals surface area contributed by atoms with Crippen LogP contribution in [0.1, 0.15) is 34.6 Å². The Kier molecular flexibility index (Phi) is 8.98. The van der Waals surface area contributed by atoms with Crippen molar-refractivity contribution in [3.8, 4) is 0 Å². The molecule has 0 aromatic carbocycles. The molecule has 0 aromatic heterocycles. The monoisotopic (exact) mass is 264 g/mol. The Balaban J connectivity index is 0. The highest BCUT2D eigenvalue weighted by molar-refractivity contribution is 5.65. The zero-order valence-electron chi connectivity index (χ0n) is 11.6. The standard InChI is InChI=1S/C6H13NO3.C5H11NO2/c1-4(2)5(3-8)7-6(9)10;1-5(2,3)8-4(6)7/h4-5,7-8H,3H2,1-2H3,(H,9,10);1-3H3,(H2,6,7)/t5-;/m1./s1. The Bertz CT molecular complexity index is 261. The number of carboxylic acid groups (broad SMARTS) is 1. The van der Waals surface area contributed by atoms with E-state index < -0.39 is 17.8 Å². The van der Waals surface area contributed by atoms with Gasteiger partial charge in [0.2, 0.25) is 0 Å². The number of primary amides is 1. The minimum Gasteiger partial charge on any atom is -0.465 e. The molecule has 0 bridgehead atoms. The number of carbonyl (C=O) groups is 2. The molecule has 0 saturated carbocycles. The van der Waals surface area contributed by atoms with E-state index in [9.17, 15) is 9.59 Å². The van der Waals surface area contributed by atoms with Gasteiger partial charge in [0.15, 0.2) is 0 Å². The average molecular weight is 264 g/mol. The first-order valence-corrected chi connectivity index (χ1v) is 5.58. The molecule has 0 radical (unpaired) electrons. The lowest BCUT2D eigenvalue weighted by Gasteiger charge is -2.17. The highest BCUT2D eigenvalue weighted by Crippen LogP contribution is 2.04. The van der Waals surface area contributed by atoms with E-state index in [0.717, 1.165) is 0 Å². The van der Waals surface area contributed by atoms with Gasteiger partial charge in [0.05, 0.1) is 12.6 Å². The van der Waals surface area contributed by atoms with Crippen molar-refractivity contribution in [2.45, 2.75) is 46.3 Å². The summed E-state index contributed by atoms with van der Waals surface area (Å²) in [6.45, 7) is 8.82. The molecule has 0 rings (SSSR count). The normalized spacial score (nSPS) is 12.2. The SMILES string of the molecule is CC(C)(C)OC(N)=O.CC(C)[C@@H](CO)NC(=O)O. The van der Waals surface area contributed by atoms with Crippen molar-refractivity contribution in [1.29, 1.82) is 0 Å². The van der Waals surface area contributed by atoms with Gasteiger partial charge in [-0.15, -0.1) is 0 Å². The van der Waals surface area contributed by atoms with Crippen LogP contribution in [0, 0.1) is 5.92 Å². The van der Waals surface area contributed by atoms with Crippen LogP contribution in [0.25, 0.3) is 0 Å². The first-order chi connectivity index (χ1) is 7.99. The summed E-state index contributed by atoms with van der Waals surface area (Å²) in [7, 11) is 0. The molecule has 1 atom stereocenters. The van der Waals surface area contributed by atoms with Crippen LogP contribution in [0.5, 0.6) is 0 Å². The van der Waals surface area contributed by atoms with Crippen LogP contribution in [-0.2, 0) is 4.74 Å². The predicted octanol–water partition coefficient (Wildman–Crippen LogP) is 1.15. The average Bonchev–Trinajstić information content (AvgIpc) is 2.10. The summed E-state index contributed by atoms with van der Waals surface area (Å²) in [5, 5.41) is 19.1. The fourth-order valence-electron chi connectivity index (χ4n) is 0.884. The zero-order chi connectivity index (χ0) is 14.9. The summed E-state index contributed by atoms with van der Waals surface area (Å²) in [5.41, 5.74) is 4.26. The second kappa shape index (κ2) is 8.57. The molecule has 0 saturated heterocycles. The minimum absolute atomic E-state index is 0.126. The van der Waals surface area contributed by atoms with Gasteiger partial charge in [-0.3, -0.25) is 0 Å². The molecule has 0 aromatic rings. The van der Waals surface area contributed by atoms with E-state index in [1.165, 1.54) is 0 Å². The third kappa shape index (κ3) is 14.5. The number of aliphatic hydroxyl groups is 1. The lowest BCUT2D eigenvalue weighted by atomic mass is 10.1. The maximum Gasteiger partial charge on any atom is 0.405 e. The molecule has 18 heavy (non-hydrogen) atoms. The van der Waals surface area contributed by atoms with Crippen LogP contribution in [0.3, 0.4) is 0 Å². The van der Waals surface area contributed by atoms with E-state index in [1.54, 1.807) is 20.8 Å². The van der Waals surface area contributed by atoms with E-state index in [4.69, 9.17) is 15.9 Å². The number of carbonyl (C=O) groups excluding carboxylic acids is 1. The topological polar surface area (TPSA) is 122 Å². The third-order valence-corrected chi connectivity index (χ3v) is 1.72. The van der Waals surface area contributed by atoms with Crippen molar-refractivity contribution in [3.63, 3.8) is 0 Å². The van der Waals surface area contributed by atoms with Gasteiger partial charge in [-0.2, -0.15) is 0 Å². The van der Waals surface area contributed by atoms with Crippen molar-refractivity contribution >= 4 is 12.2 Å². The van der Waals surface area contributed by atoms with Crippen LogP contribution < -0.4 is 11.1 Å². The lowest BCUT2D eigenvalue weighted by Crippen LogP contribution is -2.40. The molecule has 108 valence electrons. The maximum absolute atomic E-state index is 10.1. The summed E-state index contributed by atoms with van der Waals surface area (Å²) >= 11 is 0. The Morgan fingerprint density at radius 3 is 1.83 bits per heavy atom. The summed E-state index contributed by atoms with van der Waals surface area (Å²) in [6.07, 6.45) is -1.81. The largest absolute Gasteiger partial charge is 0.465 e. The van der Waals surface area contributed by atoms with E-state index in [-0.39, 0.29) is 18.6 Å². The maximum atomic E-state index is 10.1. The lowest BCUT2D eigenvalue weighted by molar-refractivity contribution is 0.0600. The van der Waals surface area contributed by atoms with Crippen LogP contribution in [-0.4, -0.2) is 40.6 Å². The second-order valence-electron chi connectivity index (χ2n) is 5.02. The minimum atomic E-state index is -1.09. The number of ether oxygens (including phenoxy) is 1. The molecule has 0 spiro atoms. The number of nitrogens with one attached hydrogen (secondary N) is 1. The van der Waals surface area contributed by atoms with Crippen molar-refractivity contribution in [2.24, 2.45) is 11.7 Å². The van der Waals surface area contributed by atoms with Gasteiger partial charge in [0.1, 0.15) is 5.60 Å². The van der Waals surface area contributed by atoms with Gasteiger partial charge in [-0.25, -0.2) is 9.59 Å². The fourth-order valence-corrected chi connectivity index (χ4v) is 0.884. The molecule has 0 aliphatic carbocycles. The summed E-state index contributed by atoms with van der Waals surface area (Å²) in [4.78, 5) is 20.1. The summed E-state index contributed by atoms with van der Waals surface area (Å²) in [6, 6.07) is -0.350. The van der Waals surface area contributed by atoms with E-state index in [2.05, 4.69) is 10.1 Å². The smallest absolute Gasteiger partial charge is 0.405 e. The van der Waals surface area contributed by atoms with E-state index in [1.807, 2.05) is 13.8 Å². The number of hydrogen-bond donors (Lipinski definition) is 4. The van der Waals surface area contributed by atoms with E-state index in [0.29, 0.717) is 0 Å². The Morgan fingerprint density at radius 1 is 1.33 bits per heavy atom. The predicted molar refractivity (Wildman–Crippen MR) is 67.3 cm³/mol. The zero-order valence-corrected chi connectivity index (χ0v) is 11.6. The quantitative estimate of drug-likeness (QED) is 0.609. The fraction of sp³-hybridized carbons (Fsp3) is 0.818. The van der Waals surface area contributed by atoms with Gasteiger partial charge >= 0.3 is 12.2 Å². The number of hydrogen-bond acceptors (Lipinski definition) is 4. The second-order valence-corrected chi connectivity index (χ2v) is 5.02. The Hall–Kier alpha value is -1.50. The number of amides is 2. The highest BCUT2D eigenvalue weighted by atomic mass is 16.6. The molecule has 0 fully saturated rings. The van der Waals surface area contributed by atoms with Crippen LogP contribution in [0.2, 0.25) is 0 Å². The van der Waals surface area contributed by atoms with Crippen molar-refractivity contribution < 1.29 is 24.5 Å². The van der Waals surface area contributed by atoms with Gasteiger partial charge in [-0.05, 0) is 26.7 Å². The van der Waals surface area contributed by atoms with Crippen LogP contribution in [0.15, 0.2) is 0 Å². The molecule has 0 unspecified atom stereocenters. The molecule has 0 aliphatic rings. The van der Waals surface area contributed by atoms with Crippen molar-refractivity contribution in [3.05, 3.63) is 0 Å². The molecule has 0 heterocycles. The van der Waals surface area contributed by atoms with Crippen molar-refractivity contribution in [2.75, 3.05) is 6.61 Å². The van der Waals surface area contributed by atoms with Gasteiger partial charge in [-0.1, -0.05) is 13.8 Å². The van der Waals surface area contributed by atoms with E-state index >= 15 is 0 Å². The first kappa shape index (κ1) is 18.9. The highest BCUT2D eigenvalue weighted by Gasteiger charge is 2.13. The number of aliphatic hydroxyl groups excluding tert-OH is 1. The Labute approximate surface area is 107 Å². The van der Waals surface area contributed by atoms with Crippen LogP contribution >= 0.6 is 0 Å². The molecule has 7 heteroatoms. The first-order valence-electron chi connectivity index (χ1n) is 5.58. The molecule has 0 aliphatic heterocycles. The molecular formula is C11H24N2O5. The number of nitrogens with two attached hydrogens (primary N) is 1. The molecule has 7 nitrogen and oxygen atoms in total. The molecule has 5 N–H and O–H groups in total. The van der Waals surface area contributed by atoms with Gasteiger partial charge < -0.3 is 26.0 Å². The summed E-state index contributed by atoms with van der Waals surface area (Å²) in [5.74, 6) is 0.126. The molecule has 2 amide bonds. The third-order valence-electron chi connectivity index (χ3n) is 1.72. The Morgan fingerprint density at radius 2 is 1.78 bits per heavy atom. The van der Waals surface area contributed by atoms with Gasteiger partial charge in [0.25, 0.3) is 0 Å². The van der Waals surface area contributed by atoms with Crippen molar-refractivity contribution in [1.82, 2.24) is 5.32 Å². The van der Waals surface area contributed by atoms with Crippen LogP contribution in [0.4, 0.5) is 9.59 Å². The van der Waals surface area contributed by atoms with Gasteiger partial charge in [0, 0.05) is 0 Å². The summed E-state index contributed by atoms with van der Waals surface area (Å²) < 4.78 is 4.58.